The molecule has 1 aromatic heterocycles. The van der Waals surface area contributed by atoms with Crippen molar-refractivity contribution in [2.24, 2.45) is 0 Å². The summed E-state index contributed by atoms with van der Waals surface area (Å²) in [7, 11) is 0. The van der Waals surface area contributed by atoms with Gasteiger partial charge in [0.15, 0.2) is 12.5 Å². The Morgan fingerprint density at radius 2 is 1.63 bits per heavy atom. The van der Waals surface area contributed by atoms with Crippen LogP contribution in [-0.4, -0.2) is 41.3 Å². The van der Waals surface area contributed by atoms with Gasteiger partial charge >= 0.3 is 17.9 Å². The zero-order chi connectivity index (χ0) is 24.8. The number of hydrogen-bond donors (Lipinski definition) is 1. The second kappa shape index (κ2) is 11.2. The fraction of sp³-hybridized carbons (Fsp3) is 0.182. The molecule has 0 bridgehead atoms. The molecular weight excluding hydrogens is 505 g/mol. The van der Waals surface area contributed by atoms with Gasteiger partial charge in [0.25, 0.3) is 0 Å². The van der Waals surface area contributed by atoms with E-state index in [2.05, 4.69) is 10.3 Å². The maximum Gasteiger partial charge on any atom is 0.514 e. The van der Waals surface area contributed by atoms with Gasteiger partial charge in [-0.2, -0.15) is 4.98 Å². The molecule has 2 aromatic carbocycles. The fourth-order valence-corrected chi connectivity index (χ4v) is 3.13. The number of carbonyl (C=O) groups is 2. The summed E-state index contributed by atoms with van der Waals surface area (Å²) in [5.74, 6) is 0.505. The average Bonchev–Trinajstić information content (AvgIpc) is 3.29. The number of nitrogens with zero attached hydrogens (tertiary/aromatic N) is 2. The van der Waals surface area contributed by atoms with Crippen molar-refractivity contribution in [2.45, 2.75) is 12.5 Å². The number of rotatable bonds is 6. The molecule has 1 amide bonds. The Morgan fingerprint density at radius 1 is 1.00 bits per heavy atom. The minimum absolute atomic E-state index is 0.00717. The van der Waals surface area contributed by atoms with Crippen LogP contribution in [0.25, 0.3) is 0 Å². The first kappa shape index (κ1) is 24.5. The number of ether oxygens (including phenoxy) is 5. The van der Waals surface area contributed by atoms with Crippen molar-refractivity contribution >= 4 is 41.3 Å². The third-order valence-corrected chi connectivity index (χ3v) is 4.98. The van der Waals surface area contributed by atoms with Crippen molar-refractivity contribution in [3.63, 3.8) is 0 Å². The Hall–Kier alpha value is -3.64. The van der Waals surface area contributed by atoms with Gasteiger partial charge in [-0.3, -0.25) is 9.88 Å². The molecule has 1 fully saturated rings. The van der Waals surface area contributed by atoms with Crippen molar-refractivity contribution in [3.8, 4) is 11.5 Å². The molecule has 2 unspecified atom stereocenters. The molecule has 3 aromatic rings. The molecule has 0 aliphatic carbocycles. The molecule has 0 spiro atoms. The van der Waals surface area contributed by atoms with Crippen LogP contribution in [0.4, 0.5) is 15.4 Å². The zero-order valence-corrected chi connectivity index (χ0v) is 19.3. The minimum Gasteiger partial charge on any atom is -0.429 e. The van der Waals surface area contributed by atoms with Crippen molar-refractivity contribution in [1.29, 1.82) is 0 Å². The predicted molar refractivity (Wildman–Crippen MR) is 123 cm³/mol. The summed E-state index contributed by atoms with van der Waals surface area (Å²) < 4.78 is 27.2. The molecule has 35 heavy (non-hydrogen) atoms. The molecule has 2 atom stereocenters. The van der Waals surface area contributed by atoms with Crippen LogP contribution >= 0.6 is 23.2 Å². The maximum absolute atomic E-state index is 12.4. The summed E-state index contributed by atoms with van der Waals surface area (Å²) >= 11 is 11.6. The number of nitrogens with one attached hydrogen (secondary N) is 1. The zero-order valence-electron chi connectivity index (χ0n) is 17.8. The van der Waals surface area contributed by atoms with E-state index in [4.69, 9.17) is 46.9 Å². The lowest BCUT2D eigenvalue weighted by molar-refractivity contribution is -0.105. The summed E-state index contributed by atoms with van der Waals surface area (Å²) in [5.41, 5.74) is -0.702. The van der Waals surface area contributed by atoms with Crippen molar-refractivity contribution in [3.05, 3.63) is 81.3 Å². The molecule has 11 nitrogen and oxygen atoms in total. The second-order valence-electron chi connectivity index (χ2n) is 6.94. The highest BCUT2D eigenvalue weighted by Crippen LogP contribution is 2.21. The van der Waals surface area contributed by atoms with E-state index in [1.165, 1.54) is 41.1 Å². The molecule has 0 saturated carbocycles. The fourth-order valence-electron chi connectivity index (χ4n) is 2.88. The summed E-state index contributed by atoms with van der Waals surface area (Å²) in [6, 6.07) is 13.7. The van der Waals surface area contributed by atoms with Crippen LogP contribution in [0.3, 0.4) is 0 Å². The quantitative estimate of drug-likeness (QED) is 0.373. The van der Waals surface area contributed by atoms with Crippen LogP contribution < -0.4 is 20.5 Å². The van der Waals surface area contributed by atoms with Gasteiger partial charge in [-0.1, -0.05) is 23.2 Å². The normalized spacial score (nSPS) is 17.0. The highest BCUT2D eigenvalue weighted by Gasteiger charge is 2.29. The Bertz CT molecular complexity index is 1250. The number of hydrogen-bond acceptors (Lipinski definition) is 9. The molecule has 1 saturated heterocycles. The average molecular weight is 522 g/mol. The van der Waals surface area contributed by atoms with Crippen LogP contribution in [0.5, 0.6) is 11.5 Å². The lowest BCUT2D eigenvalue weighted by atomic mass is 10.3. The highest BCUT2D eigenvalue weighted by atomic mass is 35.5. The predicted octanol–water partition coefficient (Wildman–Crippen LogP) is 4.25. The van der Waals surface area contributed by atoms with Gasteiger partial charge in [0, 0.05) is 16.2 Å². The first-order valence-electron chi connectivity index (χ1n) is 10.1. The standard InChI is InChI=1S/C22H17Cl2N3O8/c23-13-1-5-15(6-2-13)33-21(29)26-17-9-10-27(20(28)25-17)18-11-31-19(35-18)12-32-22(30)34-16-7-3-14(24)4-8-16/h1-10,18-19H,11-12H2,(H,25,26,28,29). The molecule has 1 N–H and O–H groups in total. The minimum atomic E-state index is -0.956. The SMILES string of the molecule is O=C(Nc1ccn(C2COC(COC(=O)Oc3ccc(Cl)cc3)O2)c(=O)n1)Oc1ccc(Cl)cc1. The van der Waals surface area contributed by atoms with E-state index in [-0.39, 0.29) is 30.5 Å². The molecule has 1 aliphatic rings. The molecule has 182 valence electrons. The van der Waals surface area contributed by atoms with Gasteiger partial charge in [-0.25, -0.2) is 14.4 Å². The molecule has 0 radical (unpaired) electrons. The molecule has 4 rings (SSSR count). The van der Waals surface area contributed by atoms with Crippen LogP contribution in [-0.2, 0) is 14.2 Å². The van der Waals surface area contributed by atoms with Crippen LogP contribution in [0.15, 0.2) is 65.6 Å². The summed E-state index contributed by atoms with van der Waals surface area (Å²) in [6.45, 7) is -0.255. The van der Waals surface area contributed by atoms with Gasteiger partial charge in [-0.15, -0.1) is 0 Å². The lowest BCUT2D eigenvalue weighted by Crippen LogP contribution is -2.30. The monoisotopic (exact) mass is 521 g/mol. The Balaban J connectivity index is 1.26. The van der Waals surface area contributed by atoms with E-state index in [9.17, 15) is 14.4 Å². The summed E-state index contributed by atoms with van der Waals surface area (Å²) in [6.07, 6.45) is -2.15. The van der Waals surface area contributed by atoms with Crippen molar-refractivity contribution in [2.75, 3.05) is 18.5 Å². The summed E-state index contributed by atoms with van der Waals surface area (Å²) in [5, 5.41) is 3.35. The van der Waals surface area contributed by atoms with Crippen LogP contribution in [0.2, 0.25) is 10.0 Å². The largest absolute Gasteiger partial charge is 0.514 e. The topological polar surface area (TPSA) is 127 Å². The molecule has 2 heterocycles. The number of benzene rings is 2. The van der Waals surface area contributed by atoms with E-state index < -0.39 is 30.5 Å². The van der Waals surface area contributed by atoms with Gasteiger partial charge in [0.2, 0.25) is 0 Å². The molecule has 13 heteroatoms. The van der Waals surface area contributed by atoms with Crippen molar-refractivity contribution < 1.29 is 33.3 Å². The van der Waals surface area contributed by atoms with E-state index in [0.717, 1.165) is 0 Å². The molecular formula is C22H17Cl2N3O8. The summed E-state index contributed by atoms with van der Waals surface area (Å²) in [4.78, 5) is 40.0. The smallest absolute Gasteiger partial charge is 0.429 e. The first-order chi connectivity index (χ1) is 16.9. The first-order valence-corrected chi connectivity index (χ1v) is 10.8. The number of amides is 1. The number of carbonyl (C=O) groups excluding carboxylic acids is 2. The van der Waals surface area contributed by atoms with E-state index in [1.807, 2.05) is 0 Å². The lowest BCUT2D eigenvalue weighted by Gasteiger charge is -2.14. The Morgan fingerprint density at radius 3 is 2.26 bits per heavy atom. The Labute approximate surface area is 208 Å². The van der Waals surface area contributed by atoms with E-state index >= 15 is 0 Å². The second-order valence-corrected chi connectivity index (χ2v) is 7.81. The van der Waals surface area contributed by atoms with Gasteiger partial charge in [0.05, 0.1) is 6.61 Å². The number of aromatic nitrogens is 2. The van der Waals surface area contributed by atoms with Crippen LogP contribution in [0.1, 0.15) is 6.23 Å². The number of halogens is 2. The van der Waals surface area contributed by atoms with Crippen molar-refractivity contribution in [1.82, 2.24) is 9.55 Å². The maximum atomic E-state index is 12.4. The van der Waals surface area contributed by atoms with Gasteiger partial charge < -0.3 is 23.7 Å². The highest BCUT2D eigenvalue weighted by molar-refractivity contribution is 6.30. The van der Waals surface area contributed by atoms with E-state index in [0.29, 0.717) is 10.0 Å². The molecule has 1 aliphatic heterocycles. The van der Waals surface area contributed by atoms with Gasteiger partial charge in [-0.05, 0) is 54.6 Å². The van der Waals surface area contributed by atoms with Crippen LogP contribution in [0, 0.1) is 0 Å². The third kappa shape index (κ3) is 6.93. The third-order valence-electron chi connectivity index (χ3n) is 4.48. The van der Waals surface area contributed by atoms with E-state index in [1.54, 1.807) is 24.3 Å². The Kier molecular flexibility index (Phi) is 7.83. The number of anilines is 1. The van der Waals surface area contributed by atoms with Gasteiger partial charge in [0.1, 0.15) is 23.9 Å².